The largest absolute Gasteiger partial charge is 0.295 e. The van der Waals surface area contributed by atoms with Gasteiger partial charge in [-0.25, -0.2) is 0 Å². The molecule has 1 aromatic carbocycles. The van der Waals surface area contributed by atoms with Crippen LogP contribution in [0.2, 0.25) is 0 Å². The van der Waals surface area contributed by atoms with E-state index in [0.29, 0.717) is 11.1 Å². The van der Waals surface area contributed by atoms with Crippen molar-refractivity contribution in [2.24, 2.45) is 0 Å². The zero-order valence-electron chi connectivity index (χ0n) is 7.13. The van der Waals surface area contributed by atoms with Crippen molar-refractivity contribution in [1.82, 2.24) is 0 Å². The molecule has 0 spiro atoms. The summed E-state index contributed by atoms with van der Waals surface area (Å²) in [6.07, 6.45) is 0. The van der Waals surface area contributed by atoms with Crippen molar-refractivity contribution in [1.29, 1.82) is 0 Å². The summed E-state index contributed by atoms with van der Waals surface area (Å²) in [6.45, 7) is 2.97. The Morgan fingerprint density at radius 3 is 1.75 bits per heavy atom. The molecular formula is C10H10O2. The zero-order valence-corrected chi connectivity index (χ0v) is 7.13. The van der Waals surface area contributed by atoms with Crippen LogP contribution in [0.15, 0.2) is 24.3 Å². The number of carbonyl (C=O) groups is 2. The van der Waals surface area contributed by atoms with Gasteiger partial charge < -0.3 is 0 Å². The Kier molecular flexibility index (Phi) is 2.38. The van der Waals surface area contributed by atoms with Crippen LogP contribution < -0.4 is 0 Å². The molecule has 0 aliphatic carbocycles. The molecule has 0 atom stereocenters. The summed E-state index contributed by atoms with van der Waals surface area (Å²) in [5.74, 6) is -0.0313. The Labute approximate surface area is 71.2 Å². The maximum absolute atomic E-state index is 10.9. The van der Waals surface area contributed by atoms with Gasteiger partial charge in [0.05, 0.1) is 0 Å². The number of rotatable bonds is 2. The number of benzene rings is 1. The molecule has 0 heterocycles. The lowest BCUT2D eigenvalue weighted by Crippen LogP contribution is -1.96. The predicted octanol–water partition coefficient (Wildman–Crippen LogP) is 2.09. The van der Waals surface area contributed by atoms with Crippen LogP contribution in [0.1, 0.15) is 34.6 Å². The van der Waals surface area contributed by atoms with Gasteiger partial charge in [0, 0.05) is 11.1 Å². The number of hydrogen-bond donors (Lipinski definition) is 0. The van der Waals surface area contributed by atoms with E-state index in [9.17, 15) is 9.59 Å². The SMILES string of the molecule is CC(=O)c1cccc(C(C)=O)c1. The zero-order chi connectivity index (χ0) is 9.14. The second kappa shape index (κ2) is 3.30. The molecule has 0 unspecified atom stereocenters. The van der Waals surface area contributed by atoms with Crippen molar-refractivity contribution in [2.75, 3.05) is 0 Å². The normalized spacial score (nSPS) is 9.50. The standard InChI is InChI=1S/C10H10O2/c1-7(11)9-4-3-5-10(6-9)8(2)12/h3-6H,1-2H3. The van der Waals surface area contributed by atoms with E-state index >= 15 is 0 Å². The fourth-order valence-electron chi connectivity index (χ4n) is 0.957. The molecule has 0 saturated heterocycles. The Hall–Kier alpha value is -1.44. The first-order valence-corrected chi connectivity index (χ1v) is 3.73. The second-order valence-electron chi connectivity index (χ2n) is 2.69. The molecule has 0 bridgehead atoms. The molecule has 0 aliphatic rings. The molecule has 2 heteroatoms. The number of hydrogen-bond acceptors (Lipinski definition) is 2. The number of Topliss-reactive ketones (excluding diaryl/α,β-unsaturated/α-hetero) is 2. The Morgan fingerprint density at radius 2 is 1.42 bits per heavy atom. The van der Waals surface area contributed by atoms with Gasteiger partial charge in [0.1, 0.15) is 0 Å². The molecule has 0 saturated carbocycles. The number of ketones is 2. The lowest BCUT2D eigenvalue weighted by molar-refractivity contribution is 0.101. The highest BCUT2D eigenvalue weighted by molar-refractivity contribution is 5.99. The lowest BCUT2D eigenvalue weighted by atomic mass is 10.1. The Balaban J connectivity index is 3.12. The topological polar surface area (TPSA) is 34.1 Å². The van der Waals surface area contributed by atoms with Crippen LogP contribution in [-0.2, 0) is 0 Å². The fourth-order valence-corrected chi connectivity index (χ4v) is 0.957. The minimum absolute atomic E-state index is 0.0156. The van der Waals surface area contributed by atoms with Crippen LogP contribution in [0.25, 0.3) is 0 Å². The van der Waals surface area contributed by atoms with Gasteiger partial charge in [0.15, 0.2) is 11.6 Å². The van der Waals surface area contributed by atoms with E-state index in [0.717, 1.165) is 0 Å². The van der Waals surface area contributed by atoms with E-state index in [4.69, 9.17) is 0 Å². The monoisotopic (exact) mass is 162 g/mol. The van der Waals surface area contributed by atoms with Crippen molar-refractivity contribution in [3.05, 3.63) is 35.4 Å². The summed E-state index contributed by atoms with van der Waals surface area (Å²) in [5.41, 5.74) is 1.17. The first-order valence-electron chi connectivity index (χ1n) is 3.73. The maximum Gasteiger partial charge on any atom is 0.159 e. The van der Waals surface area contributed by atoms with Gasteiger partial charge in [-0.1, -0.05) is 18.2 Å². The van der Waals surface area contributed by atoms with Crippen LogP contribution in [0.3, 0.4) is 0 Å². The van der Waals surface area contributed by atoms with Crippen LogP contribution in [0.5, 0.6) is 0 Å². The van der Waals surface area contributed by atoms with Gasteiger partial charge in [0.2, 0.25) is 0 Å². The van der Waals surface area contributed by atoms with Crippen LogP contribution >= 0.6 is 0 Å². The Morgan fingerprint density at radius 1 is 1.00 bits per heavy atom. The minimum atomic E-state index is -0.0156. The van der Waals surface area contributed by atoms with E-state index in [-0.39, 0.29) is 11.6 Å². The molecule has 1 rings (SSSR count). The van der Waals surface area contributed by atoms with Crippen molar-refractivity contribution in [2.45, 2.75) is 13.8 Å². The van der Waals surface area contributed by atoms with Crippen molar-refractivity contribution >= 4 is 11.6 Å². The molecule has 12 heavy (non-hydrogen) atoms. The van der Waals surface area contributed by atoms with E-state index in [1.54, 1.807) is 24.3 Å². The van der Waals surface area contributed by atoms with Gasteiger partial charge in [-0.15, -0.1) is 0 Å². The van der Waals surface area contributed by atoms with Crippen molar-refractivity contribution in [3.63, 3.8) is 0 Å². The Bertz CT molecular complexity index is 297. The molecule has 62 valence electrons. The first kappa shape index (κ1) is 8.65. The molecule has 0 N–H and O–H groups in total. The highest BCUT2D eigenvalue weighted by Crippen LogP contribution is 2.06. The van der Waals surface area contributed by atoms with Gasteiger partial charge in [-0.05, 0) is 19.9 Å². The van der Waals surface area contributed by atoms with E-state index in [1.807, 2.05) is 0 Å². The lowest BCUT2D eigenvalue weighted by Gasteiger charge is -1.97. The summed E-state index contributed by atoms with van der Waals surface area (Å²) in [7, 11) is 0. The third kappa shape index (κ3) is 1.78. The quantitative estimate of drug-likeness (QED) is 0.624. The average Bonchev–Trinajstić information content (AvgIpc) is 2.04. The molecule has 0 aliphatic heterocycles. The predicted molar refractivity (Wildman–Crippen MR) is 46.5 cm³/mol. The highest BCUT2D eigenvalue weighted by atomic mass is 16.1. The van der Waals surface area contributed by atoms with Crippen LogP contribution in [-0.4, -0.2) is 11.6 Å². The van der Waals surface area contributed by atoms with Gasteiger partial charge in [0.25, 0.3) is 0 Å². The van der Waals surface area contributed by atoms with E-state index in [1.165, 1.54) is 13.8 Å². The third-order valence-corrected chi connectivity index (χ3v) is 1.68. The minimum Gasteiger partial charge on any atom is -0.295 e. The molecular weight excluding hydrogens is 152 g/mol. The van der Waals surface area contributed by atoms with Gasteiger partial charge >= 0.3 is 0 Å². The summed E-state index contributed by atoms with van der Waals surface area (Å²) >= 11 is 0. The number of carbonyl (C=O) groups excluding carboxylic acids is 2. The summed E-state index contributed by atoms with van der Waals surface area (Å²) < 4.78 is 0. The van der Waals surface area contributed by atoms with Crippen LogP contribution in [0, 0.1) is 0 Å². The molecule has 0 amide bonds. The summed E-state index contributed by atoms with van der Waals surface area (Å²) in [6, 6.07) is 6.74. The van der Waals surface area contributed by atoms with Crippen molar-refractivity contribution in [3.8, 4) is 0 Å². The second-order valence-corrected chi connectivity index (χ2v) is 2.69. The molecule has 2 nitrogen and oxygen atoms in total. The fraction of sp³-hybridized carbons (Fsp3) is 0.200. The summed E-state index contributed by atoms with van der Waals surface area (Å²) in [5, 5.41) is 0. The van der Waals surface area contributed by atoms with E-state index in [2.05, 4.69) is 0 Å². The van der Waals surface area contributed by atoms with Gasteiger partial charge in [-0.3, -0.25) is 9.59 Å². The smallest absolute Gasteiger partial charge is 0.159 e. The summed E-state index contributed by atoms with van der Waals surface area (Å²) in [4.78, 5) is 21.8. The molecule has 0 radical (unpaired) electrons. The molecule has 0 aromatic heterocycles. The maximum atomic E-state index is 10.9. The molecule has 1 aromatic rings. The van der Waals surface area contributed by atoms with E-state index < -0.39 is 0 Å². The highest BCUT2D eigenvalue weighted by Gasteiger charge is 2.02. The van der Waals surface area contributed by atoms with Crippen molar-refractivity contribution < 1.29 is 9.59 Å². The molecule has 0 fully saturated rings. The third-order valence-electron chi connectivity index (χ3n) is 1.68. The van der Waals surface area contributed by atoms with Crippen LogP contribution in [0.4, 0.5) is 0 Å². The van der Waals surface area contributed by atoms with Gasteiger partial charge in [-0.2, -0.15) is 0 Å². The first-order chi connectivity index (χ1) is 5.61. The average molecular weight is 162 g/mol.